The number of hydrogen-bond acceptors (Lipinski definition) is 1. The Morgan fingerprint density at radius 1 is 1.15 bits per heavy atom. The number of nitrogens with one attached hydrogen (secondary N) is 1. The third-order valence-corrected chi connectivity index (χ3v) is 4.17. The predicted octanol–water partition coefficient (Wildman–Crippen LogP) is 3.90. The van der Waals surface area contributed by atoms with Crippen LogP contribution in [0.25, 0.3) is 0 Å². The first-order valence-electron chi connectivity index (χ1n) is 6.81. The normalized spacial score (nSPS) is 16.1. The van der Waals surface area contributed by atoms with Gasteiger partial charge < -0.3 is 5.32 Å². The van der Waals surface area contributed by atoms with Crippen molar-refractivity contribution in [1.82, 2.24) is 0 Å². The summed E-state index contributed by atoms with van der Waals surface area (Å²) < 4.78 is 0. The van der Waals surface area contributed by atoms with Crippen molar-refractivity contribution in [2.45, 2.75) is 18.8 Å². The van der Waals surface area contributed by atoms with Crippen LogP contribution in [0.4, 0.5) is 5.69 Å². The number of benzene rings is 2. The summed E-state index contributed by atoms with van der Waals surface area (Å²) in [6, 6.07) is 16.2. The van der Waals surface area contributed by atoms with Crippen molar-refractivity contribution >= 4 is 27.5 Å². The Labute approximate surface area is 127 Å². The van der Waals surface area contributed by atoms with Gasteiger partial charge in [-0.1, -0.05) is 52.3 Å². The Bertz CT molecular complexity index is 621. The van der Waals surface area contributed by atoms with Crippen molar-refractivity contribution in [3.05, 3.63) is 65.2 Å². The van der Waals surface area contributed by atoms with Crippen LogP contribution in [0.2, 0.25) is 0 Å². The van der Waals surface area contributed by atoms with Crippen LogP contribution < -0.4 is 5.32 Å². The maximum Gasteiger partial charge on any atom is 0.232 e. The van der Waals surface area contributed by atoms with Crippen LogP contribution >= 0.6 is 15.9 Å². The molecule has 0 radical (unpaired) electrons. The molecule has 102 valence electrons. The molecule has 20 heavy (non-hydrogen) atoms. The van der Waals surface area contributed by atoms with E-state index >= 15 is 0 Å². The van der Waals surface area contributed by atoms with E-state index in [0.717, 1.165) is 23.9 Å². The highest BCUT2D eigenvalue weighted by molar-refractivity contribution is 9.09. The highest BCUT2D eigenvalue weighted by atomic mass is 79.9. The van der Waals surface area contributed by atoms with Gasteiger partial charge in [0.05, 0.1) is 5.92 Å². The first-order chi connectivity index (χ1) is 9.78. The summed E-state index contributed by atoms with van der Waals surface area (Å²) in [5, 5.41) is 3.96. The molecule has 3 rings (SSSR count). The number of rotatable bonds is 4. The third-order valence-electron chi connectivity index (χ3n) is 3.78. The summed E-state index contributed by atoms with van der Waals surface area (Å²) in [5.41, 5.74) is 4.60. The Hall–Kier alpha value is -1.61. The molecule has 0 saturated carbocycles. The van der Waals surface area contributed by atoms with E-state index in [0.29, 0.717) is 0 Å². The van der Waals surface area contributed by atoms with Crippen molar-refractivity contribution in [3.8, 4) is 0 Å². The van der Waals surface area contributed by atoms with E-state index in [4.69, 9.17) is 0 Å². The van der Waals surface area contributed by atoms with Gasteiger partial charge in [0, 0.05) is 11.0 Å². The highest BCUT2D eigenvalue weighted by Gasteiger charge is 2.31. The number of aryl methyl sites for hydroxylation is 1. The van der Waals surface area contributed by atoms with Crippen LogP contribution in [-0.4, -0.2) is 11.2 Å². The summed E-state index contributed by atoms with van der Waals surface area (Å²) in [7, 11) is 0. The molecule has 0 heterocycles. The van der Waals surface area contributed by atoms with Gasteiger partial charge in [0.2, 0.25) is 5.91 Å². The van der Waals surface area contributed by atoms with E-state index in [-0.39, 0.29) is 11.8 Å². The van der Waals surface area contributed by atoms with Gasteiger partial charge in [-0.05, 0) is 41.7 Å². The second-order valence-electron chi connectivity index (χ2n) is 5.08. The lowest BCUT2D eigenvalue weighted by molar-refractivity contribution is -0.118. The first kappa shape index (κ1) is 13.4. The van der Waals surface area contributed by atoms with E-state index in [2.05, 4.69) is 39.4 Å². The van der Waals surface area contributed by atoms with E-state index in [1.165, 1.54) is 16.7 Å². The molecule has 1 aliphatic carbocycles. The lowest BCUT2D eigenvalue weighted by atomic mass is 9.77. The molecular weight excluding hydrogens is 314 g/mol. The summed E-state index contributed by atoms with van der Waals surface area (Å²) in [6.45, 7) is 0. The van der Waals surface area contributed by atoms with Gasteiger partial charge in [-0.2, -0.15) is 0 Å². The van der Waals surface area contributed by atoms with Crippen LogP contribution in [0, 0.1) is 0 Å². The van der Waals surface area contributed by atoms with Gasteiger partial charge in [0.25, 0.3) is 0 Å². The van der Waals surface area contributed by atoms with Crippen LogP contribution in [0.15, 0.2) is 48.5 Å². The molecule has 0 fully saturated rings. The number of carbonyl (C=O) groups is 1. The van der Waals surface area contributed by atoms with E-state index in [9.17, 15) is 4.79 Å². The molecule has 2 aromatic rings. The fourth-order valence-electron chi connectivity index (χ4n) is 2.59. The van der Waals surface area contributed by atoms with Crippen LogP contribution in [-0.2, 0) is 17.6 Å². The number of halogens is 1. The van der Waals surface area contributed by atoms with Crippen molar-refractivity contribution < 1.29 is 4.79 Å². The zero-order valence-electron chi connectivity index (χ0n) is 11.1. The Kier molecular flexibility index (Phi) is 3.88. The van der Waals surface area contributed by atoms with Crippen molar-refractivity contribution in [3.63, 3.8) is 0 Å². The van der Waals surface area contributed by atoms with E-state index in [1.807, 2.05) is 30.3 Å². The summed E-state index contributed by atoms with van der Waals surface area (Å²) >= 11 is 3.43. The second-order valence-corrected chi connectivity index (χ2v) is 5.87. The largest absolute Gasteiger partial charge is 0.326 e. The van der Waals surface area contributed by atoms with Gasteiger partial charge in [-0.25, -0.2) is 0 Å². The lowest BCUT2D eigenvalue weighted by Crippen LogP contribution is -2.30. The van der Waals surface area contributed by atoms with Crippen LogP contribution in [0.1, 0.15) is 22.6 Å². The van der Waals surface area contributed by atoms with Gasteiger partial charge in [-0.3, -0.25) is 4.79 Å². The minimum atomic E-state index is 0.00779. The average molecular weight is 330 g/mol. The molecule has 3 heteroatoms. The molecule has 1 unspecified atom stereocenters. The molecule has 0 spiro atoms. The molecule has 1 atom stereocenters. The zero-order valence-corrected chi connectivity index (χ0v) is 12.7. The van der Waals surface area contributed by atoms with Crippen LogP contribution in [0.3, 0.4) is 0 Å². The Balaban J connectivity index is 1.65. The molecule has 0 bridgehead atoms. The van der Waals surface area contributed by atoms with Crippen molar-refractivity contribution in [2.24, 2.45) is 0 Å². The SMILES string of the molecule is O=C(Nc1ccc(CCBr)cc1)C1Cc2ccccc21. The van der Waals surface area contributed by atoms with Gasteiger partial charge in [-0.15, -0.1) is 0 Å². The number of anilines is 1. The zero-order chi connectivity index (χ0) is 13.9. The first-order valence-corrected chi connectivity index (χ1v) is 7.93. The lowest BCUT2D eigenvalue weighted by Gasteiger charge is -2.28. The predicted molar refractivity (Wildman–Crippen MR) is 85.5 cm³/mol. The van der Waals surface area contributed by atoms with Crippen molar-refractivity contribution in [2.75, 3.05) is 10.6 Å². The standard InChI is InChI=1S/C17H16BrNO/c18-10-9-12-5-7-14(8-6-12)19-17(20)16-11-13-3-1-2-4-15(13)16/h1-8,16H,9-11H2,(H,19,20). The third kappa shape index (κ3) is 2.63. The van der Waals surface area contributed by atoms with Crippen molar-refractivity contribution in [1.29, 1.82) is 0 Å². The number of hydrogen-bond donors (Lipinski definition) is 1. The van der Waals surface area contributed by atoms with Gasteiger partial charge in [0.1, 0.15) is 0 Å². The maximum atomic E-state index is 12.2. The quantitative estimate of drug-likeness (QED) is 0.847. The second kappa shape index (κ2) is 5.80. The number of carbonyl (C=O) groups excluding carboxylic acids is 1. The molecule has 1 N–H and O–H groups in total. The molecule has 2 nitrogen and oxygen atoms in total. The van der Waals surface area contributed by atoms with Crippen LogP contribution in [0.5, 0.6) is 0 Å². The summed E-state index contributed by atoms with van der Waals surface area (Å²) in [4.78, 5) is 12.2. The molecule has 0 saturated heterocycles. The average Bonchev–Trinajstić information content (AvgIpc) is 2.43. The molecule has 0 aromatic heterocycles. The van der Waals surface area contributed by atoms with Gasteiger partial charge in [0.15, 0.2) is 0 Å². The summed E-state index contributed by atoms with van der Waals surface area (Å²) in [6.07, 6.45) is 1.86. The van der Waals surface area contributed by atoms with E-state index < -0.39 is 0 Å². The van der Waals surface area contributed by atoms with Gasteiger partial charge >= 0.3 is 0 Å². The molecule has 1 amide bonds. The summed E-state index contributed by atoms with van der Waals surface area (Å²) in [5.74, 6) is 0.102. The Morgan fingerprint density at radius 2 is 1.90 bits per heavy atom. The smallest absolute Gasteiger partial charge is 0.232 e. The van der Waals surface area contributed by atoms with E-state index in [1.54, 1.807) is 0 Å². The molecule has 2 aromatic carbocycles. The number of fused-ring (bicyclic) bond motifs is 1. The Morgan fingerprint density at radius 3 is 2.60 bits per heavy atom. The fourth-order valence-corrected chi connectivity index (χ4v) is 3.04. The topological polar surface area (TPSA) is 29.1 Å². The number of amides is 1. The molecule has 1 aliphatic rings. The fraction of sp³-hybridized carbons (Fsp3) is 0.235. The number of alkyl halides is 1. The minimum Gasteiger partial charge on any atom is -0.326 e. The molecular formula is C17H16BrNO. The minimum absolute atomic E-state index is 0.00779. The molecule has 0 aliphatic heterocycles. The maximum absolute atomic E-state index is 12.2. The monoisotopic (exact) mass is 329 g/mol. The highest BCUT2D eigenvalue weighted by Crippen LogP contribution is 2.35.